The quantitative estimate of drug-likeness (QED) is 0.395. The number of thioether (sulfide) groups is 1. The Hall–Kier alpha value is -3.72. The molecule has 0 spiro atoms. The van der Waals surface area contributed by atoms with Gasteiger partial charge >= 0.3 is 6.01 Å². The maximum absolute atomic E-state index is 12.6. The summed E-state index contributed by atoms with van der Waals surface area (Å²) in [5.41, 5.74) is 4.88. The normalized spacial score (nSPS) is 10.8. The highest BCUT2D eigenvalue weighted by molar-refractivity contribution is 7.99. The van der Waals surface area contributed by atoms with Crippen LogP contribution in [0.25, 0.3) is 5.69 Å². The van der Waals surface area contributed by atoms with Gasteiger partial charge in [-0.3, -0.25) is 9.36 Å². The van der Waals surface area contributed by atoms with Crippen molar-refractivity contribution < 1.29 is 9.53 Å². The molecule has 33 heavy (non-hydrogen) atoms. The van der Waals surface area contributed by atoms with Gasteiger partial charge in [0.15, 0.2) is 5.16 Å². The molecule has 0 saturated carbocycles. The summed E-state index contributed by atoms with van der Waals surface area (Å²) in [6, 6.07) is 13.7. The first-order valence-corrected chi connectivity index (χ1v) is 11.4. The number of hydrogen-bond donors (Lipinski definition) is 1. The molecule has 4 aromatic rings. The van der Waals surface area contributed by atoms with E-state index >= 15 is 0 Å². The first-order valence-electron chi connectivity index (χ1n) is 10.4. The van der Waals surface area contributed by atoms with Gasteiger partial charge in [-0.05, 0) is 74.7 Å². The van der Waals surface area contributed by atoms with E-state index < -0.39 is 0 Å². The Morgan fingerprint density at radius 1 is 1.00 bits per heavy atom. The zero-order valence-corrected chi connectivity index (χ0v) is 19.7. The highest BCUT2D eigenvalue weighted by atomic mass is 32.2. The van der Waals surface area contributed by atoms with Crippen LogP contribution in [0, 0.1) is 27.7 Å². The third kappa shape index (κ3) is 5.38. The van der Waals surface area contributed by atoms with Crippen molar-refractivity contribution in [1.82, 2.24) is 24.7 Å². The van der Waals surface area contributed by atoms with Crippen LogP contribution in [0.2, 0.25) is 0 Å². The van der Waals surface area contributed by atoms with E-state index in [1.54, 1.807) is 30.6 Å². The highest BCUT2D eigenvalue weighted by Crippen LogP contribution is 2.27. The van der Waals surface area contributed by atoms with Gasteiger partial charge in [0, 0.05) is 18.1 Å². The van der Waals surface area contributed by atoms with E-state index in [2.05, 4.69) is 57.5 Å². The summed E-state index contributed by atoms with van der Waals surface area (Å²) >= 11 is 1.35. The molecular weight excluding hydrogens is 436 g/mol. The van der Waals surface area contributed by atoms with Crippen molar-refractivity contribution in [1.29, 1.82) is 0 Å². The van der Waals surface area contributed by atoms with Crippen LogP contribution >= 0.6 is 11.8 Å². The van der Waals surface area contributed by atoms with Gasteiger partial charge in [0.1, 0.15) is 11.6 Å². The summed E-state index contributed by atoms with van der Waals surface area (Å²) in [5, 5.41) is 12.1. The summed E-state index contributed by atoms with van der Waals surface area (Å²) < 4.78 is 7.63. The molecule has 0 radical (unpaired) electrons. The number of carbonyl (C=O) groups is 1. The maximum atomic E-state index is 12.6. The first kappa shape index (κ1) is 22.5. The second kappa shape index (κ2) is 9.83. The van der Waals surface area contributed by atoms with Crippen LogP contribution in [-0.2, 0) is 4.79 Å². The van der Waals surface area contributed by atoms with Crippen molar-refractivity contribution >= 4 is 23.4 Å². The predicted molar refractivity (Wildman–Crippen MR) is 128 cm³/mol. The van der Waals surface area contributed by atoms with E-state index in [0.29, 0.717) is 16.6 Å². The summed E-state index contributed by atoms with van der Waals surface area (Å²) in [5.74, 6) is 1.46. The average Bonchev–Trinajstić information content (AvgIpc) is 3.16. The molecule has 0 aliphatic rings. The van der Waals surface area contributed by atoms with Crippen LogP contribution in [-0.4, -0.2) is 36.4 Å². The predicted octanol–water partition coefficient (Wildman–Crippen LogP) is 4.81. The Bertz CT molecular complexity index is 1290. The van der Waals surface area contributed by atoms with E-state index in [0.717, 1.165) is 28.2 Å². The van der Waals surface area contributed by atoms with Crippen molar-refractivity contribution in [3.05, 3.63) is 77.4 Å². The van der Waals surface area contributed by atoms with Crippen molar-refractivity contribution in [3.8, 4) is 17.4 Å². The molecule has 2 heterocycles. The number of benzene rings is 2. The van der Waals surface area contributed by atoms with Crippen LogP contribution in [0.1, 0.15) is 22.5 Å². The molecule has 8 nitrogen and oxygen atoms in total. The highest BCUT2D eigenvalue weighted by Gasteiger charge is 2.15. The summed E-state index contributed by atoms with van der Waals surface area (Å²) in [4.78, 5) is 20.7. The third-order valence-corrected chi connectivity index (χ3v) is 5.89. The van der Waals surface area contributed by atoms with Gasteiger partial charge in [-0.15, -0.1) is 10.2 Å². The molecular formula is C24H24N6O2S. The molecule has 2 aromatic heterocycles. The summed E-state index contributed by atoms with van der Waals surface area (Å²) in [6.07, 6.45) is 3.23. The van der Waals surface area contributed by atoms with Gasteiger partial charge in [-0.1, -0.05) is 23.9 Å². The smallest absolute Gasteiger partial charge is 0.321 e. The number of anilines is 1. The second-order valence-electron chi connectivity index (χ2n) is 7.60. The van der Waals surface area contributed by atoms with E-state index in [4.69, 9.17) is 4.74 Å². The lowest BCUT2D eigenvalue weighted by Gasteiger charge is -2.13. The van der Waals surface area contributed by atoms with E-state index in [1.807, 2.05) is 24.5 Å². The van der Waals surface area contributed by atoms with Gasteiger partial charge in [0.2, 0.25) is 5.91 Å². The Kier molecular flexibility index (Phi) is 6.69. The topological polar surface area (TPSA) is 94.8 Å². The molecule has 0 bridgehead atoms. The van der Waals surface area contributed by atoms with Gasteiger partial charge in [0.05, 0.1) is 11.4 Å². The molecule has 0 atom stereocenters. The fourth-order valence-corrected chi connectivity index (χ4v) is 4.06. The number of rotatable bonds is 7. The standard InChI is InChI=1S/C24H24N6O2S/c1-15-6-7-16(2)21(12-15)30-18(4)28-29-24(30)33-14-22(31)27-20-9-8-19(13-17(20)3)32-23-25-10-5-11-26-23/h5-13H,14H2,1-4H3,(H,27,31). The SMILES string of the molecule is Cc1ccc(C)c(-n2c(C)nnc2SCC(=O)Nc2ccc(Oc3ncccn3)cc2C)c1. The minimum absolute atomic E-state index is 0.128. The van der Waals surface area contributed by atoms with Crippen LogP contribution in [0.5, 0.6) is 11.8 Å². The van der Waals surface area contributed by atoms with Crippen LogP contribution in [0.15, 0.2) is 60.0 Å². The van der Waals surface area contributed by atoms with E-state index in [9.17, 15) is 4.79 Å². The van der Waals surface area contributed by atoms with Crippen LogP contribution in [0.3, 0.4) is 0 Å². The minimum Gasteiger partial charge on any atom is -0.424 e. The van der Waals surface area contributed by atoms with Crippen molar-refractivity contribution in [3.63, 3.8) is 0 Å². The Balaban J connectivity index is 1.42. The number of aryl methyl sites for hydroxylation is 4. The molecule has 0 aliphatic carbocycles. The van der Waals surface area contributed by atoms with Crippen LogP contribution < -0.4 is 10.1 Å². The number of carbonyl (C=O) groups excluding carboxylic acids is 1. The second-order valence-corrected chi connectivity index (χ2v) is 8.54. The number of hydrogen-bond acceptors (Lipinski definition) is 7. The van der Waals surface area contributed by atoms with Crippen molar-refractivity contribution in [2.45, 2.75) is 32.9 Å². The van der Waals surface area contributed by atoms with Gasteiger partial charge in [-0.25, -0.2) is 9.97 Å². The zero-order valence-electron chi connectivity index (χ0n) is 18.9. The average molecular weight is 461 g/mol. The van der Waals surface area contributed by atoms with Crippen molar-refractivity contribution in [2.75, 3.05) is 11.1 Å². The van der Waals surface area contributed by atoms with Gasteiger partial charge < -0.3 is 10.1 Å². The third-order valence-electron chi connectivity index (χ3n) is 4.96. The Labute approximate surface area is 196 Å². The minimum atomic E-state index is -0.128. The maximum Gasteiger partial charge on any atom is 0.321 e. The fraction of sp³-hybridized carbons (Fsp3) is 0.208. The summed E-state index contributed by atoms with van der Waals surface area (Å²) in [7, 11) is 0. The zero-order chi connectivity index (χ0) is 23.4. The molecule has 0 unspecified atom stereocenters. The van der Waals surface area contributed by atoms with E-state index in [1.165, 1.54) is 11.8 Å². The number of aromatic nitrogens is 5. The Morgan fingerprint density at radius 3 is 2.55 bits per heavy atom. The monoisotopic (exact) mass is 460 g/mol. The molecule has 1 N–H and O–H groups in total. The largest absolute Gasteiger partial charge is 0.424 e. The molecule has 4 rings (SSSR count). The van der Waals surface area contributed by atoms with Gasteiger partial charge in [0.25, 0.3) is 0 Å². The molecule has 2 aromatic carbocycles. The number of nitrogens with zero attached hydrogens (tertiary/aromatic N) is 5. The molecule has 0 fully saturated rings. The number of nitrogens with one attached hydrogen (secondary N) is 1. The molecule has 0 aliphatic heterocycles. The molecule has 9 heteroatoms. The fourth-order valence-electron chi connectivity index (χ4n) is 3.27. The van der Waals surface area contributed by atoms with Crippen molar-refractivity contribution in [2.24, 2.45) is 0 Å². The lowest BCUT2D eigenvalue weighted by atomic mass is 10.1. The molecule has 0 saturated heterocycles. The van der Waals surface area contributed by atoms with Crippen LogP contribution in [0.4, 0.5) is 5.69 Å². The van der Waals surface area contributed by atoms with Gasteiger partial charge in [-0.2, -0.15) is 0 Å². The number of amides is 1. The summed E-state index contributed by atoms with van der Waals surface area (Å²) in [6.45, 7) is 7.91. The van der Waals surface area contributed by atoms with E-state index in [-0.39, 0.29) is 17.7 Å². The number of ether oxygens (including phenoxy) is 1. The first-order chi connectivity index (χ1) is 15.9. The lowest BCUT2D eigenvalue weighted by molar-refractivity contribution is -0.113. The molecule has 168 valence electrons. The lowest BCUT2D eigenvalue weighted by Crippen LogP contribution is -2.15. The molecule has 1 amide bonds. The Morgan fingerprint density at radius 2 is 1.79 bits per heavy atom.